The lowest BCUT2D eigenvalue weighted by Gasteiger charge is -2.10. The fourth-order valence-electron chi connectivity index (χ4n) is 1.72. The second kappa shape index (κ2) is 4.97. The molecule has 0 saturated heterocycles. The molecule has 0 aliphatic rings. The van der Waals surface area contributed by atoms with E-state index in [0.717, 1.165) is 11.1 Å². The number of hydrogen-bond acceptors (Lipinski definition) is 4. The highest BCUT2D eigenvalue weighted by atomic mass is 16.6. The minimum absolute atomic E-state index is 0.0906. The van der Waals surface area contributed by atoms with Gasteiger partial charge in [-0.2, -0.15) is 0 Å². The van der Waals surface area contributed by atoms with Crippen molar-refractivity contribution >= 4 is 11.4 Å². The lowest BCUT2D eigenvalue weighted by molar-refractivity contribution is -0.383. The highest BCUT2D eigenvalue weighted by molar-refractivity contribution is 5.61. The highest BCUT2D eigenvalue weighted by Gasteiger charge is 2.12. The number of ether oxygens (including phenoxy) is 1. The largest absolute Gasteiger partial charge is 0.457 e. The normalized spacial score (nSPS) is 10.2. The third-order valence-electron chi connectivity index (χ3n) is 2.98. The zero-order chi connectivity index (χ0) is 14.0. The SMILES string of the molecule is Cc1cccc(Oc2ccc([N+](=O)[O-])c(N)c2)c1C. The van der Waals surface area contributed by atoms with Crippen LogP contribution in [0.5, 0.6) is 11.5 Å². The molecule has 5 nitrogen and oxygen atoms in total. The Labute approximate surface area is 110 Å². The number of nitro groups is 1. The monoisotopic (exact) mass is 258 g/mol. The van der Waals surface area contributed by atoms with Crippen LogP contribution in [0.1, 0.15) is 11.1 Å². The van der Waals surface area contributed by atoms with Crippen molar-refractivity contribution in [3.63, 3.8) is 0 Å². The van der Waals surface area contributed by atoms with E-state index in [-0.39, 0.29) is 11.4 Å². The van der Waals surface area contributed by atoms with Crippen molar-refractivity contribution < 1.29 is 9.66 Å². The number of nitro benzene ring substituents is 1. The van der Waals surface area contributed by atoms with E-state index < -0.39 is 4.92 Å². The standard InChI is InChI=1S/C14H14N2O3/c1-9-4-3-5-14(10(9)2)19-11-6-7-13(16(17)18)12(15)8-11/h3-8H,15H2,1-2H3. The van der Waals surface area contributed by atoms with Gasteiger partial charge >= 0.3 is 0 Å². The van der Waals surface area contributed by atoms with E-state index in [4.69, 9.17) is 10.5 Å². The molecule has 2 aromatic carbocycles. The molecule has 0 aliphatic heterocycles. The van der Waals surface area contributed by atoms with Gasteiger partial charge in [-0.3, -0.25) is 10.1 Å². The van der Waals surface area contributed by atoms with E-state index in [1.165, 1.54) is 18.2 Å². The van der Waals surface area contributed by atoms with E-state index in [0.29, 0.717) is 11.5 Å². The van der Waals surface area contributed by atoms with E-state index >= 15 is 0 Å². The first-order chi connectivity index (χ1) is 8.99. The molecule has 2 rings (SSSR count). The molecule has 0 unspecified atom stereocenters. The van der Waals surface area contributed by atoms with Crippen LogP contribution in [-0.2, 0) is 0 Å². The third kappa shape index (κ3) is 2.65. The van der Waals surface area contributed by atoms with Crippen LogP contribution in [0.25, 0.3) is 0 Å². The Hall–Kier alpha value is -2.56. The fourth-order valence-corrected chi connectivity index (χ4v) is 1.72. The summed E-state index contributed by atoms with van der Waals surface area (Å²) in [6, 6.07) is 10.1. The second-order valence-corrected chi connectivity index (χ2v) is 4.28. The summed E-state index contributed by atoms with van der Waals surface area (Å²) in [5, 5.41) is 10.7. The molecule has 0 heterocycles. The molecule has 0 bridgehead atoms. The van der Waals surface area contributed by atoms with Gasteiger partial charge in [0.25, 0.3) is 5.69 Å². The van der Waals surface area contributed by atoms with Gasteiger partial charge in [-0.15, -0.1) is 0 Å². The van der Waals surface area contributed by atoms with Gasteiger partial charge in [0.2, 0.25) is 0 Å². The minimum Gasteiger partial charge on any atom is -0.457 e. The lowest BCUT2D eigenvalue weighted by Crippen LogP contribution is -1.96. The minimum atomic E-state index is -0.517. The predicted octanol–water partition coefficient (Wildman–Crippen LogP) is 3.59. The summed E-state index contributed by atoms with van der Waals surface area (Å²) in [6.45, 7) is 3.95. The molecule has 0 radical (unpaired) electrons. The maximum Gasteiger partial charge on any atom is 0.292 e. The molecule has 0 aromatic heterocycles. The van der Waals surface area contributed by atoms with Crippen molar-refractivity contribution in [2.24, 2.45) is 0 Å². The van der Waals surface area contributed by atoms with Crippen molar-refractivity contribution in [3.8, 4) is 11.5 Å². The number of rotatable bonds is 3. The quantitative estimate of drug-likeness (QED) is 0.518. The van der Waals surface area contributed by atoms with Crippen molar-refractivity contribution in [3.05, 3.63) is 57.6 Å². The molecule has 0 fully saturated rings. The number of nitrogens with zero attached hydrogens (tertiary/aromatic N) is 1. The van der Waals surface area contributed by atoms with Gasteiger partial charge < -0.3 is 10.5 Å². The Kier molecular flexibility index (Phi) is 3.37. The Morgan fingerprint density at radius 3 is 2.58 bits per heavy atom. The molecule has 19 heavy (non-hydrogen) atoms. The summed E-state index contributed by atoms with van der Waals surface area (Å²) in [4.78, 5) is 10.2. The van der Waals surface area contributed by atoms with E-state index in [1.807, 2.05) is 32.0 Å². The summed E-state index contributed by atoms with van der Waals surface area (Å²) in [7, 11) is 0. The molecule has 0 amide bonds. The zero-order valence-electron chi connectivity index (χ0n) is 10.7. The Bertz CT molecular complexity index is 639. The molecule has 2 aromatic rings. The van der Waals surface area contributed by atoms with Crippen LogP contribution < -0.4 is 10.5 Å². The fraction of sp³-hybridized carbons (Fsp3) is 0.143. The molecule has 0 spiro atoms. The van der Waals surface area contributed by atoms with Gasteiger partial charge in [-0.25, -0.2) is 0 Å². The molecule has 2 N–H and O–H groups in total. The highest BCUT2D eigenvalue weighted by Crippen LogP contribution is 2.31. The summed E-state index contributed by atoms with van der Waals surface area (Å²) in [5.74, 6) is 1.20. The second-order valence-electron chi connectivity index (χ2n) is 4.28. The summed E-state index contributed by atoms with van der Waals surface area (Å²) >= 11 is 0. The first kappa shape index (κ1) is 12.9. The van der Waals surface area contributed by atoms with Gasteiger partial charge in [-0.05, 0) is 37.1 Å². The Balaban J connectivity index is 2.32. The Morgan fingerprint density at radius 2 is 1.95 bits per heavy atom. The number of nitrogens with two attached hydrogens (primary N) is 1. The van der Waals surface area contributed by atoms with Crippen molar-refractivity contribution in [2.45, 2.75) is 13.8 Å². The van der Waals surface area contributed by atoms with Crippen molar-refractivity contribution in [1.82, 2.24) is 0 Å². The Morgan fingerprint density at radius 1 is 1.21 bits per heavy atom. The number of anilines is 1. The van der Waals surface area contributed by atoms with E-state index in [9.17, 15) is 10.1 Å². The van der Waals surface area contributed by atoms with Gasteiger partial charge in [0.15, 0.2) is 0 Å². The molecule has 5 heteroatoms. The maximum absolute atomic E-state index is 10.7. The molecule has 0 saturated carbocycles. The molecular weight excluding hydrogens is 244 g/mol. The van der Waals surface area contributed by atoms with Crippen LogP contribution in [0.15, 0.2) is 36.4 Å². The predicted molar refractivity (Wildman–Crippen MR) is 73.5 cm³/mol. The number of benzene rings is 2. The molecular formula is C14H14N2O3. The van der Waals surface area contributed by atoms with Gasteiger partial charge in [0.05, 0.1) is 4.92 Å². The van der Waals surface area contributed by atoms with Crippen LogP contribution >= 0.6 is 0 Å². The van der Waals surface area contributed by atoms with Gasteiger partial charge in [0, 0.05) is 12.1 Å². The maximum atomic E-state index is 10.7. The first-order valence-electron chi connectivity index (χ1n) is 5.77. The number of nitrogen functional groups attached to an aromatic ring is 1. The third-order valence-corrected chi connectivity index (χ3v) is 2.98. The van der Waals surface area contributed by atoms with E-state index in [1.54, 1.807) is 0 Å². The van der Waals surface area contributed by atoms with Crippen LogP contribution in [0.2, 0.25) is 0 Å². The number of hydrogen-bond donors (Lipinski definition) is 1. The molecule has 0 atom stereocenters. The summed E-state index contributed by atoms with van der Waals surface area (Å²) in [5.41, 5.74) is 7.74. The average Bonchev–Trinajstić information content (AvgIpc) is 2.34. The molecule has 98 valence electrons. The van der Waals surface area contributed by atoms with Crippen LogP contribution in [0.4, 0.5) is 11.4 Å². The average molecular weight is 258 g/mol. The van der Waals surface area contributed by atoms with E-state index in [2.05, 4.69) is 0 Å². The smallest absolute Gasteiger partial charge is 0.292 e. The van der Waals surface area contributed by atoms with Gasteiger partial charge in [-0.1, -0.05) is 12.1 Å². The summed E-state index contributed by atoms with van der Waals surface area (Å²) < 4.78 is 5.70. The van der Waals surface area contributed by atoms with Crippen LogP contribution in [0.3, 0.4) is 0 Å². The number of aryl methyl sites for hydroxylation is 1. The first-order valence-corrected chi connectivity index (χ1v) is 5.77. The lowest BCUT2D eigenvalue weighted by atomic mass is 10.1. The molecule has 0 aliphatic carbocycles. The summed E-state index contributed by atoms with van der Waals surface area (Å²) in [6.07, 6.45) is 0. The van der Waals surface area contributed by atoms with Crippen molar-refractivity contribution in [2.75, 3.05) is 5.73 Å². The van der Waals surface area contributed by atoms with Crippen molar-refractivity contribution in [1.29, 1.82) is 0 Å². The topological polar surface area (TPSA) is 78.4 Å². The van der Waals surface area contributed by atoms with Crippen LogP contribution in [-0.4, -0.2) is 4.92 Å². The van der Waals surface area contributed by atoms with Crippen LogP contribution in [0, 0.1) is 24.0 Å². The van der Waals surface area contributed by atoms with Gasteiger partial charge in [0.1, 0.15) is 17.2 Å². The zero-order valence-corrected chi connectivity index (χ0v) is 10.7.